The number of anilines is 1. The number of hydrogen-bond donors (Lipinski definition) is 1. The molecule has 1 heterocycles. The minimum Gasteiger partial charge on any atom is -0.463 e. The van der Waals surface area contributed by atoms with Gasteiger partial charge in [0.2, 0.25) is 5.91 Å². The molecular formula is C20H25NO4. The maximum Gasteiger partial charge on any atom is 0.310 e. The first kappa shape index (κ1) is 17.7. The van der Waals surface area contributed by atoms with Gasteiger partial charge in [0.1, 0.15) is 6.61 Å². The molecule has 0 aromatic heterocycles. The van der Waals surface area contributed by atoms with Crippen LogP contribution >= 0.6 is 0 Å². The van der Waals surface area contributed by atoms with Crippen LogP contribution in [0.15, 0.2) is 36.4 Å². The van der Waals surface area contributed by atoms with E-state index in [1.54, 1.807) is 0 Å². The number of hydrogen-bond acceptors (Lipinski definition) is 4. The Morgan fingerprint density at radius 2 is 1.88 bits per heavy atom. The summed E-state index contributed by atoms with van der Waals surface area (Å²) in [7, 11) is 0. The first-order chi connectivity index (χ1) is 12.1. The number of esters is 1. The minimum absolute atomic E-state index is 0.00270. The molecular weight excluding hydrogens is 318 g/mol. The van der Waals surface area contributed by atoms with Gasteiger partial charge in [-0.25, -0.2) is 0 Å². The summed E-state index contributed by atoms with van der Waals surface area (Å²) in [6.45, 7) is 3.01. The van der Waals surface area contributed by atoms with Gasteiger partial charge in [0.25, 0.3) is 0 Å². The fourth-order valence-electron chi connectivity index (χ4n) is 3.29. The van der Waals surface area contributed by atoms with Gasteiger partial charge < -0.3 is 14.8 Å². The Hall–Kier alpha value is -2.14. The highest BCUT2D eigenvalue weighted by molar-refractivity contribution is 5.95. The Balaban J connectivity index is 1.59. The monoisotopic (exact) mass is 343 g/mol. The highest BCUT2D eigenvalue weighted by atomic mass is 16.6. The summed E-state index contributed by atoms with van der Waals surface area (Å²) in [4.78, 5) is 25.1. The summed E-state index contributed by atoms with van der Waals surface area (Å²) in [6, 6.07) is 7.64. The zero-order valence-corrected chi connectivity index (χ0v) is 14.6. The van der Waals surface area contributed by atoms with E-state index in [-0.39, 0.29) is 24.6 Å². The molecule has 1 saturated heterocycles. The van der Waals surface area contributed by atoms with Crippen LogP contribution in [0.2, 0.25) is 0 Å². The van der Waals surface area contributed by atoms with Gasteiger partial charge in [-0.2, -0.15) is 0 Å². The molecule has 5 heteroatoms. The number of benzene rings is 1. The molecule has 1 aliphatic carbocycles. The van der Waals surface area contributed by atoms with Crippen molar-refractivity contribution in [1.29, 1.82) is 0 Å². The summed E-state index contributed by atoms with van der Waals surface area (Å²) in [5.74, 6) is -1.27. The molecule has 0 bridgehead atoms. The average molecular weight is 343 g/mol. The zero-order chi connectivity index (χ0) is 17.6. The molecule has 1 aromatic carbocycles. The van der Waals surface area contributed by atoms with E-state index in [9.17, 15) is 9.59 Å². The van der Waals surface area contributed by atoms with Crippen molar-refractivity contribution >= 4 is 17.6 Å². The van der Waals surface area contributed by atoms with Crippen LogP contribution in [-0.4, -0.2) is 31.2 Å². The molecule has 0 radical (unpaired) electrons. The van der Waals surface area contributed by atoms with Gasteiger partial charge in [-0.1, -0.05) is 29.8 Å². The van der Waals surface area contributed by atoms with E-state index in [2.05, 4.69) is 5.32 Å². The molecule has 3 rings (SSSR count). The lowest BCUT2D eigenvalue weighted by atomic mass is 9.82. The van der Waals surface area contributed by atoms with Crippen LogP contribution in [-0.2, 0) is 19.1 Å². The molecule has 1 fully saturated rings. The zero-order valence-electron chi connectivity index (χ0n) is 14.6. The molecule has 1 amide bonds. The van der Waals surface area contributed by atoms with Gasteiger partial charge in [0.15, 0.2) is 0 Å². The number of amides is 1. The number of carbonyl (C=O) groups excluding carboxylic acids is 2. The van der Waals surface area contributed by atoms with E-state index >= 15 is 0 Å². The molecule has 3 atom stereocenters. The molecule has 134 valence electrons. The standard InChI is InChI=1S/C20H25NO4/c1-14-8-10-15(11-9-14)21-19(22)17-6-2-3-7-18(17)20(23)25-13-16-5-4-12-24-16/h2-3,8-11,16-18H,4-7,12-13H2,1H3,(H,21,22)/t16-,17+,18+/m0/s1. The number of allylic oxidation sites excluding steroid dienone is 2. The quantitative estimate of drug-likeness (QED) is 0.658. The Morgan fingerprint density at radius 3 is 2.56 bits per heavy atom. The summed E-state index contributed by atoms with van der Waals surface area (Å²) in [5.41, 5.74) is 1.88. The average Bonchev–Trinajstić information content (AvgIpc) is 3.15. The van der Waals surface area contributed by atoms with Crippen molar-refractivity contribution in [2.24, 2.45) is 11.8 Å². The van der Waals surface area contributed by atoms with E-state index < -0.39 is 11.8 Å². The molecule has 25 heavy (non-hydrogen) atoms. The van der Waals surface area contributed by atoms with Crippen molar-refractivity contribution < 1.29 is 19.1 Å². The number of aryl methyl sites for hydroxylation is 1. The van der Waals surface area contributed by atoms with Crippen LogP contribution in [0.4, 0.5) is 5.69 Å². The summed E-state index contributed by atoms with van der Waals surface area (Å²) >= 11 is 0. The second-order valence-corrected chi connectivity index (χ2v) is 6.78. The SMILES string of the molecule is Cc1ccc(NC(=O)[C@@H]2CC=CC[C@H]2C(=O)OC[C@@H]2CCCO2)cc1. The van der Waals surface area contributed by atoms with E-state index in [0.29, 0.717) is 12.8 Å². The maximum absolute atomic E-state index is 12.7. The number of ether oxygens (including phenoxy) is 2. The summed E-state index contributed by atoms with van der Waals surface area (Å²) in [6.07, 6.45) is 6.94. The van der Waals surface area contributed by atoms with Crippen LogP contribution < -0.4 is 5.32 Å². The van der Waals surface area contributed by atoms with Crippen molar-refractivity contribution in [2.75, 3.05) is 18.5 Å². The predicted octanol–water partition coefficient (Wildman–Crippen LogP) is 3.24. The minimum atomic E-state index is -0.433. The molecule has 2 aliphatic rings. The molecule has 1 aromatic rings. The maximum atomic E-state index is 12.7. The van der Waals surface area contributed by atoms with Crippen LogP contribution in [0.25, 0.3) is 0 Å². The van der Waals surface area contributed by atoms with Crippen LogP contribution in [0.1, 0.15) is 31.2 Å². The van der Waals surface area contributed by atoms with Crippen LogP contribution in [0.5, 0.6) is 0 Å². The first-order valence-corrected chi connectivity index (χ1v) is 8.94. The Kier molecular flexibility index (Phi) is 5.87. The van der Waals surface area contributed by atoms with Gasteiger partial charge in [-0.3, -0.25) is 9.59 Å². The highest BCUT2D eigenvalue weighted by Crippen LogP contribution is 2.28. The first-order valence-electron chi connectivity index (χ1n) is 8.94. The van der Waals surface area contributed by atoms with E-state index in [1.807, 2.05) is 43.3 Å². The second kappa shape index (κ2) is 8.30. The van der Waals surface area contributed by atoms with Crippen LogP contribution in [0, 0.1) is 18.8 Å². The third-order valence-corrected chi connectivity index (χ3v) is 4.83. The Bertz CT molecular complexity index is 632. The van der Waals surface area contributed by atoms with Crippen molar-refractivity contribution in [3.63, 3.8) is 0 Å². The van der Waals surface area contributed by atoms with Crippen molar-refractivity contribution in [2.45, 2.75) is 38.7 Å². The normalized spacial score (nSPS) is 25.6. The largest absolute Gasteiger partial charge is 0.463 e. The van der Waals surface area contributed by atoms with Crippen LogP contribution in [0.3, 0.4) is 0 Å². The van der Waals surface area contributed by atoms with Crippen molar-refractivity contribution in [3.05, 3.63) is 42.0 Å². The van der Waals surface area contributed by atoms with Gasteiger partial charge in [0.05, 0.1) is 17.9 Å². The Labute approximate surface area is 148 Å². The second-order valence-electron chi connectivity index (χ2n) is 6.78. The topological polar surface area (TPSA) is 64.6 Å². The van der Waals surface area contributed by atoms with Gasteiger partial charge in [-0.05, 0) is 44.7 Å². The third kappa shape index (κ3) is 4.69. The van der Waals surface area contributed by atoms with Crippen molar-refractivity contribution in [3.8, 4) is 0 Å². The number of rotatable bonds is 5. The number of carbonyl (C=O) groups is 2. The van der Waals surface area contributed by atoms with Crippen molar-refractivity contribution in [1.82, 2.24) is 0 Å². The van der Waals surface area contributed by atoms with E-state index in [4.69, 9.17) is 9.47 Å². The lowest BCUT2D eigenvalue weighted by Crippen LogP contribution is -2.36. The molecule has 5 nitrogen and oxygen atoms in total. The lowest BCUT2D eigenvalue weighted by molar-refractivity contribution is -0.155. The van der Waals surface area contributed by atoms with Gasteiger partial charge in [-0.15, -0.1) is 0 Å². The lowest BCUT2D eigenvalue weighted by Gasteiger charge is -2.26. The molecule has 0 saturated carbocycles. The fourth-order valence-corrected chi connectivity index (χ4v) is 3.29. The number of nitrogens with one attached hydrogen (secondary N) is 1. The molecule has 1 aliphatic heterocycles. The third-order valence-electron chi connectivity index (χ3n) is 4.83. The smallest absolute Gasteiger partial charge is 0.310 e. The predicted molar refractivity (Wildman–Crippen MR) is 95.1 cm³/mol. The summed E-state index contributed by atoms with van der Waals surface area (Å²) < 4.78 is 10.9. The Morgan fingerprint density at radius 1 is 1.16 bits per heavy atom. The van der Waals surface area contributed by atoms with Gasteiger partial charge >= 0.3 is 5.97 Å². The van der Waals surface area contributed by atoms with E-state index in [0.717, 1.165) is 30.7 Å². The van der Waals surface area contributed by atoms with Gasteiger partial charge in [0, 0.05) is 12.3 Å². The van der Waals surface area contributed by atoms with E-state index in [1.165, 1.54) is 0 Å². The summed E-state index contributed by atoms with van der Waals surface area (Å²) in [5, 5.41) is 2.92. The molecule has 0 spiro atoms. The molecule has 0 unspecified atom stereocenters. The highest BCUT2D eigenvalue weighted by Gasteiger charge is 2.35. The fraction of sp³-hybridized carbons (Fsp3) is 0.500. The molecule has 1 N–H and O–H groups in total.